The van der Waals surface area contributed by atoms with Crippen LogP contribution < -0.4 is 0 Å². The highest BCUT2D eigenvalue weighted by atomic mass is 79.9. The molecule has 0 aliphatic carbocycles. The molecule has 3 nitrogen and oxygen atoms in total. The summed E-state index contributed by atoms with van der Waals surface area (Å²) in [5.41, 5.74) is 0.279. The number of nitrogens with one attached hydrogen (secondary N) is 1. The highest BCUT2D eigenvalue weighted by Crippen LogP contribution is 2.32. The van der Waals surface area contributed by atoms with E-state index in [1.165, 1.54) is 11.8 Å². The molecule has 80 valence electrons. The standard InChI is InChI=1S/C10H5BrFN3S/c11-8-6(5-13)1-2-7(9(8)12)16-10-14-3-4-15-10/h1-4H,(H,14,15). The molecule has 0 atom stereocenters. The van der Waals surface area contributed by atoms with Crippen LogP contribution in [-0.4, -0.2) is 9.97 Å². The van der Waals surface area contributed by atoms with Crippen molar-refractivity contribution in [1.82, 2.24) is 9.97 Å². The van der Waals surface area contributed by atoms with Gasteiger partial charge in [0, 0.05) is 12.4 Å². The minimum Gasteiger partial charge on any atom is -0.339 e. The second-order valence-corrected chi connectivity index (χ2v) is 4.67. The Balaban J connectivity index is 2.37. The third-order valence-corrected chi connectivity index (χ3v) is 3.57. The molecule has 1 aromatic carbocycles. The molecule has 1 heterocycles. The van der Waals surface area contributed by atoms with Gasteiger partial charge in [-0.25, -0.2) is 9.37 Å². The molecule has 0 radical (unpaired) electrons. The first-order chi connectivity index (χ1) is 7.72. The van der Waals surface area contributed by atoms with E-state index in [1.54, 1.807) is 24.5 Å². The van der Waals surface area contributed by atoms with Gasteiger partial charge in [-0.2, -0.15) is 5.26 Å². The fourth-order valence-corrected chi connectivity index (χ4v) is 2.45. The normalized spacial score (nSPS) is 10.1. The van der Waals surface area contributed by atoms with Gasteiger partial charge in [0.15, 0.2) is 11.0 Å². The van der Waals surface area contributed by atoms with E-state index >= 15 is 0 Å². The minimum atomic E-state index is -0.444. The van der Waals surface area contributed by atoms with Gasteiger partial charge in [0.25, 0.3) is 0 Å². The third-order valence-electron chi connectivity index (χ3n) is 1.85. The summed E-state index contributed by atoms with van der Waals surface area (Å²) in [6.45, 7) is 0. The van der Waals surface area contributed by atoms with Crippen LogP contribution in [0, 0.1) is 17.1 Å². The van der Waals surface area contributed by atoms with Crippen molar-refractivity contribution in [2.45, 2.75) is 10.1 Å². The highest BCUT2D eigenvalue weighted by Gasteiger charge is 2.12. The van der Waals surface area contributed by atoms with E-state index in [4.69, 9.17) is 5.26 Å². The monoisotopic (exact) mass is 297 g/mol. The lowest BCUT2D eigenvalue weighted by Crippen LogP contribution is -1.88. The summed E-state index contributed by atoms with van der Waals surface area (Å²) >= 11 is 4.23. The van der Waals surface area contributed by atoms with E-state index in [2.05, 4.69) is 25.9 Å². The second-order valence-electron chi connectivity index (χ2n) is 2.85. The maximum atomic E-state index is 13.8. The van der Waals surface area contributed by atoms with Crippen LogP contribution in [0.1, 0.15) is 5.56 Å². The molecule has 0 spiro atoms. The van der Waals surface area contributed by atoms with Crippen LogP contribution in [0.4, 0.5) is 4.39 Å². The molecule has 0 saturated heterocycles. The molecule has 0 unspecified atom stereocenters. The van der Waals surface area contributed by atoms with Gasteiger partial charge in [0.2, 0.25) is 0 Å². The van der Waals surface area contributed by atoms with E-state index in [0.717, 1.165) is 0 Å². The average molecular weight is 298 g/mol. The maximum Gasteiger partial charge on any atom is 0.170 e. The summed E-state index contributed by atoms with van der Waals surface area (Å²) in [5, 5.41) is 9.33. The Labute approximate surface area is 104 Å². The van der Waals surface area contributed by atoms with Gasteiger partial charge in [-0.15, -0.1) is 0 Å². The third kappa shape index (κ3) is 2.10. The second kappa shape index (κ2) is 4.68. The number of rotatable bonds is 2. The molecule has 0 aliphatic rings. The minimum absolute atomic E-state index is 0.187. The number of hydrogen-bond donors (Lipinski definition) is 1. The average Bonchev–Trinajstić information content (AvgIpc) is 2.78. The lowest BCUT2D eigenvalue weighted by molar-refractivity contribution is 0.594. The number of imidazole rings is 1. The number of halogens is 2. The lowest BCUT2D eigenvalue weighted by Gasteiger charge is -2.03. The van der Waals surface area contributed by atoms with Crippen LogP contribution in [0.3, 0.4) is 0 Å². The first kappa shape index (κ1) is 11.2. The molecule has 0 bridgehead atoms. The molecule has 1 N–H and O–H groups in total. The SMILES string of the molecule is N#Cc1ccc(Sc2ncc[nH]2)c(F)c1Br. The van der Waals surface area contributed by atoms with E-state index in [9.17, 15) is 4.39 Å². The Morgan fingerprint density at radius 2 is 2.31 bits per heavy atom. The van der Waals surface area contributed by atoms with Crippen LogP contribution in [0.25, 0.3) is 0 Å². The fraction of sp³-hybridized carbons (Fsp3) is 0. The summed E-state index contributed by atoms with van der Waals surface area (Å²) in [6, 6.07) is 5.03. The zero-order valence-electron chi connectivity index (χ0n) is 7.87. The predicted molar refractivity (Wildman–Crippen MR) is 61.5 cm³/mol. The van der Waals surface area contributed by atoms with Gasteiger partial charge < -0.3 is 4.98 Å². The van der Waals surface area contributed by atoms with E-state index in [-0.39, 0.29) is 10.0 Å². The van der Waals surface area contributed by atoms with Gasteiger partial charge in [-0.3, -0.25) is 0 Å². The Kier molecular flexibility index (Phi) is 3.27. The summed E-state index contributed by atoms with van der Waals surface area (Å²) < 4.78 is 14.0. The van der Waals surface area contributed by atoms with Crippen LogP contribution in [0.15, 0.2) is 39.1 Å². The van der Waals surface area contributed by atoms with Gasteiger partial charge in [-0.05, 0) is 39.8 Å². The number of aromatic nitrogens is 2. The Hall–Kier alpha value is -1.32. The fourth-order valence-electron chi connectivity index (χ4n) is 1.11. The van der Waals surface area contributed by atoms with Crippen molar-refractivity contribution in [2.75, 3.05) is 0 Å². The zero-order valence-corrected chi connectivity index (χ0v) is 10.3. The summed E-state index contributed by atoms with van der Waals surface area (Å²) in [7, 11) is 0. The van der Waals surface area contributed by atoms with E-state index in [1.807, 2.05) is 6.07 Å². The van der Waals surface area contributed by atoms with Crippen molar-refractivity contribution in [2.24, 2.45) is 0 Å². The number of H-pyrrole nitrogens is 1. The van der Waals surface area contributed by atoms with Crippen LogP contribution in [0.2, 0.25) is 0 Å². The quantitative estimate of drug-likeness (QED) is 0.925. The molecule has 2 rings (SSSR count). The molecule has 16 heavy (non-hydrogen) atoms. The molecule has 6 heteroatoms. The summed E-state index contributed by atoms with van der Waals surface area (Å²) in [5.74, 6) is -0.444. The lowest BCUT2D eigenvalue weighted by atomic mass is 10.2. The van der Waals surface area contributed by atoms with Crippen molar-refractivity contribution in [3.8, 4) is 6.07 Å². The first-order valence-electron chi connectivity index (χ1n) is 4.27. The molecular weight excluding hydrogens is 293 g/mol. The van der Waals surface area contributed by atoms with Crippen molar-refractivity contribution >= 4 is 27.7 Å². The maximum absolute atomic E-state index is 13.8. The molecule has 0 aliphatic heterocycles. The highest BCUT2D eigenvalue weighted by molar-refractivity contribution is 9.10. The molecule has 0 fully saturated rings. The van der Waals surface area contributed by atoms with Gasteiger partial charge in [-0.1, -0.05) is 0 Å². The first-order valence-corrected chi connectivity index (χ1v) is 5.88. The number of benzene rings is 1. The van der Waals surface area contributed by atoms with Crippen LogP contribution >= 0.6 is 27.7 Å². The smallest absolute Gasteiger partial charge is 0.170 e. The van der Waals surface area contributed by atoms with Gasteiger partial charge >= 0.3 is 0 Å². The largest absolute Gasteiger partial charge is 0.339 e. The Morgan fingerprint density at radius 3 is 2.94 bits per heavy atom. The predicted octanol–water partition coefficient (Wildman–Crippen LogP) is 3.33. The number of nitriles is 1. The topological polar surface area (TPSA) is 52.5 Å². The van der Waals surface area contributed by atoms with Crippen LogP contribution in [-0.2, 0) is 0 Å². The van der Waals surface area contributed by atoms with Crippen molar-refractivity contribution in [3.63, 3.8) is 0 Å². The van der Waals surface area contributed by atoms with Crippen LogP contribution in [0.5, 0.6) is 0 Å². The molecule has 0 amide bonds. The van der Waals surface area contributed by atoms with Gasteiger partial charge in [0.1, 0.15) is 6.07 Å². The van der Waals surface area contributed by atoms with Crippen molar-refractivity contribution in [3.05, 3.63) is 40.4 Å². The van der Waals surface area contributed by atoms with Gasteiger partial charge in [0.05, 0.1) is 14.9 Å². The van der Waals surface area contributed by atoms with E-state index < -0.39 is 5.82 Å². The van der Waals surface area contributed by atoms with Crippen molar-refractivity contribution in [1.29, 1.82) is 5.26 Å². The molecular formula is C10H5BrFN3S. The molecule has 0 saturated carbocycles. The number of hydrogen-bond acceptors (Lipinski definition) is 3. The summed E-state index contributed by atoms with van der Waals surface area (Å²) in [6.07, 6.45) is 3.26. The number of nitrogens with zero attached hydrogens (tertiary/aromatic N) is 2. The molecule has 2 aromatic rings. The Morgan fingerprint density at radius 1 is 1.50 bits per heavy atom. The zero-order chi connectivity index (χ0) is 11.5. The van der Waals surface area contributed by atoms with E-state index in [0.29, 0.717) is 10.1 Å². The number of aromatic amines is 1. The Bertz CT molecular complexity index is 548. The summed E-state index contributed by atoms with van der Waals surface area (Å²) in [4.78, 5) is 7.27. The molecule has 1 aromatic heterocycles. The van der Waals surface area contributed by atoms with Crippen molar-refractivity contribution < 1.29 is 4.39 Å².